The lowest BCUT2D eigenvalue weighted by Gasteiger charge is -2.26. The molecule has 1 saturated heterocycles. The van der Waals surface area contributed by atoms with Crippen LogP contribution in [0.25, 0.3) is 5.69 Å². The minimum atomic E-state index is -3.55. The van der Waals surface area contributed by atoms with Gasteiger partial charge in [0.25, 0.3) is 0 Å². The average molecular weight is 348 g/mol. The summed E-state index contributed by atoms with van der Waals surface area (Å²) in [6, 6.07) is 8.61. The van der Waals surface area contributed by atoms with Gasteiger partial charge in [0.05, 0.1) is 18.1 Å². The van der Waals surface area contributed by atoms with E-state index < -0.39 is 10.0 Å². The number of rotatable bonds is 4. The zero-order valence-electron chi connectivity index (χ0n) is 13.7. The van der Waals surface area contributed by atoms with Crippen LogP contribution in [0.5, 0.6) is 0 Å². The van der Waals surface area contributed by atoms with Crippen molar-refractivity contribution in [3.63, 3.8) is 0 Å². The summed E-state index contributed by atoms with van der Waals surface area (Å²) in [7, 11) is -3.55. The van der Waals surface area contributed by atoms with Gasteiger partial charge in [-0.1, -0.05) is 6.07 Å². The summed E-state index contributed by atoms with van der Waals surface area (Å²) in [6.07, 6.45) is 0.813. The van der Waals surface area contributed by atoms with Crippen molar-refractivity contribution in [1.82, 2.24) is 8.87 Å². The second-order valence-corrected chi connectivity index (χ2v) is 7.73. The van der Waals surface area contributed by atoms with Crippen molar-refractivity contribution >= 4 is 16.3 Å². The third-order valence-corrected chi connectivity index (χ3v) is 6.18. The van der Waals surface area contributed by atoms with Gasteiger partial charge >= 0.3 is 0 Å². The fourth-order valence-electron chi connectivity index (χ4n) is 3.02. The highest BCUT2D eigenvalue weighted by Crippen LogP contribution is 2.24. The van der Waals surface area contributed by atoms with Gasteiger partial charge in [-0.05, 0) is 38.1 Å². The molecule has 0 amide bonds. The van der Waals surface area contributed by atoms with E-state index in [2.05, 4.69) is 0 Å². The van der Waals surface area contributed by atoms with Crippen molar-refractivity contribution in [2.75, 3.05) is 26.3 Å². The lowest BCUT2D eigenvalue weighted by Crippen LogP contribution is -2.40. The Kier molecular flexibility index (Phi) is 4.58. The molecule has 3 rings (SSSR count). The maximum atomic E-state index is 12.8. The summed E-state index contributed by atoms with van der Waals surface area (Å²) in [4.78, 5) is 11.4. The number of aromatic nitrogens is 1. The molecular weight excluding hydrogens is 328 g/mol. The molecule has 0 atom stereocenters. The largest absolute Gasteiger partial charge is 0.379 e. The summed E-state index contributed by atoms with van der Waals surface area (Å²) >= 11 is 0. The molecule has 1 fully saturated rings. The third kappa shape index (κ3) is 2.90. The van der Waals surface area contributed by atoms with Crippen LogP contribution in [0, 0.1) is 13.8 Å². The third-order valence-electron chi connectivity index (χ3n) is 4.28. The van der Waals surface area contributed by atoms with Gasteiger partial charge in [0.2, 0.25) is 10.0 Å². The molecule has 0 unspecified atom stereocenters. The van der Waals surface area contributed by atoms with E-state index in [4.69, 9.17) is 4.74 Å². The van der Waals surface area contributed by atoms with E-state index in [1.165, 1.54) is 4.31 Å². The molecule has 1 aliphatic rings. The molecule has 1 aromatic heterocycles. The second kappa shape index (κ2) is 6.51. The molecule has 0 bridgehead atoms. The summed E-state index contributed by atoms with van der Waals surface area (Å²) in [5.74, 6) is 0. The molecule has 7 heteroatoms. The van der Waals surface area contributed by atoms with Crippen LogP contribution in [0.2, 0.25) is 0 Å². The van der Waals surface area contributed by atoms with E-state index in [1.807, 2.05) is 24.5 Å². The first-order valence-corrected chi connectivity index (χ1v) is 9.21. The van der Waals surface area contributed by atoms with E-state index >= 15 is 0 Å². The van der Waals surface area contributed by atoms with Gasteiger partial charge in [-0.25, -0.2) is 8.42 Å². The highest BCUT2D eigenvalue weighted by molar-refractivity contribution is 7.89. The predicted octanol–water partition coefficient (Wildman–Crippen LogP) is 1.93. The highest BCUT2D eigenvalue weighted by Gasteiger charge is 2.26. The molecule has 128 valence electrons. The minimum absolute atomic E-state index is 0.252. The average Bonchev–Trinajstić information content (AvgIpc) is 2.89. The Balaban J connectivity index is 2.04. The van der Waals surface area contributed by atoms with E-state index in [0.29, 0.717) is 31.9 Å². The number of nitrogens with zero attached hydrogens (tertiary/aromatic N) is 2. The van der Waals surface area contributed by atoms with E-state index in [9.17, 15) is 13.2 Å². The topological polar surface area (TPSA) is 68.6 Å². The number of hydrogen-bond acceptors (Lipinski definition) is 4. The Morgan fingerprint density at radius 3 is 2.46 bits per heavy atom. The zero-order chi connectivity index (χ0) is 17.3. The molecule has 0 N–H and O–H groups in total. The van der Waals surface area contributed by atoms with Gasteiger partial charge in [0.15, 0.2) is 6.29 Å². The molecule has 6 nitrogen and oxygen atoms in total. The molecule has 0 aliphatic carbocycles. The molecule has 2 heterocycles. The fraction of sp³-hybridized carbons (Fsp3) is 0.353. The van der Waals surface area contributed by atoms with E-state index in [-0.39, 0.29) is 4.90 Å². The number of ether oxygens (including phenoxy) is 1. The summed E-state index contributed by atoms with van der Waals surface area (Å²) in [5, 5.41) is 0. The van der Waals surface area contributed by atoms with Crippen LogP contribution < -0.4 is 0 Å². The van der Waals surface area contributed by atoms with Crippen LogP contribution in [0.4, 0.5) is 0 Å². The Hall–Kier alpha value is -1.96. The van der Waals surface area contributed by atoms with Gasteiger partial charge in [0.1, 0.15) is 0 Å². The van der Waals surface area contributed by atoms with Gasteiger partial charge in [-0.3, -0.25) is 4.79 Å². The maximum Gasteiger partial charge on any atom is 0.243 e. The SMILES string of the molecule is Cc1cc(C=O)c(C)n1-c1cccc(S(=O)(=O)N2CCOCC2)c1. The molecular formula is C17H20N2O4S. The first kappa shape index (κ1) is 16.9. The number of aryl methyl sites for hydroxylation is 1. The monoisotopic (exact) mass is 348 g/mol. The quantitative estimate of drug-likeness (QED) is 0.792. The predicted molar refractivity (Wildman–Crippen MR) is 90.2 cm³/mol. The Labute approximate surface area is 141 Å². The normalized spacial score (nSPS) is 16.2. The van der Waals surface area contributed by atoms with Crippen LogP contribution in [0.3, 0.4) is 0 Å². The number of benzene rings is 1. The van der Waals surface area contributed by atoms with Crippen molar-refractivity contribution in [2.45, 2.75) is 18.7 Å². The standard InChI is InChI=1S/C17H20N2O4S/c1-13-10-15(12-20)14(2)19(13)16-4-3-5-17(11-16)24(21,22)18-6-8-23-9-7-18/h3-5,10-12H,6-9H2,1-2H3. The first-order valence-electron chi connectivity index (χ1n) is 7.77. The Morgan fingerprint density at radius 1 is 1.12 bits per heavy atom. The summed E-state index contributed by atoms with van der Waals surface area (Å²) in [6.45, 7) is 5.30. The molecule has 1 aromatic carbocycles. The zero-order valence-corrected chi connectivity index (χ0v) is 14.5. The summed E-state index contributed by atoms with van der Waals surface area (Å²) in [5.41, 5.74) is 3.01. The van der Waals surface area contributed by atoms with Gasteiger partial charge in [0, 0.05) is 35.7 Å². The first-order chi connectivity index (χ1) is 11.4. The van der Waals surface area contributed by atoms with Gasteiger partial charge in [-0.15, -0.1) is 0 Å². The fourth-order valence-corrected chi connectivity index (χ4v) is 4.47. The van der Waals surface area contributed by atoms with Crippen LogP contribution >= 0.6 is 0 Å². The van der Waals surface area contributed by atoms with E-state index in [1.54, 1.807) is 24.3 Å². The second-order valence-electron chi connectivity index (χ2n) is 5.79. The van der Waals surface area contributed by atoms with Crippen LogP contribution in [0.1, 0.15) is 21.7 Å². The van der Waals surface area contributed by atoms with Gasteiger partial charge in [-0.2, -0.15) is 4.31 Å². The van der Waals surface area contributed by atoms with Crippen LogP contribution in [0.15, 0.2) is 35.2 Å². The number of aldehydes is 1. The number of hydrogen-bond donors (Lipinski definition) is 0. The lowest BCUT2D eigenvalue weighted by atomic mass is 10.2. The Morgan fingerprint density at radius 2 is 1.83 bits per heavy atom. The number of carbonyl (C=O) groups excluding carboxylic acids is 1. The smallest absolute Gasteiger partial charge is 0.243 e. The van der Waals surface area contributed by atoms with Crippen LogP contribution in [-0.2, 0) is 14.8 Å². The van der Waals surface area contributed by atoms with Crippen LogP contribution in [-0.4, -0.2) is 49.9 Å². The molecule has 24 heavy (non-hydrogen) atoms. The molecule has 0 spiro atoms. The van der Waals surface area contributed by atoms with E-state index in [0.717, 1.165) is 23.4 Å². The van der Waals surface area contributed by atoms with Crippen molar-refractivity contribution in [3.05, 3.63) is 47.3 Å². The number of sulfonamides is 1. The minimum Gasteiger partial charge on any atom is -0.379 e. The summed E-state index contributed by atoms with van der Waals surface area (Å²) < 4.78 is 34.2. The van der Waals surface area contributed by atoms with Crippen molar-refractivity contribution in [3.8, 4) is 5.69 Å². The van der Waals surface area contributed by atoms with Crippen molar-refractivity contribution in [2.24, 2.45) is 0 Å². The molecule has 0 radical (unpaired) electrons. The maximum absolute atomic E-state index is 12.8. The lowest BCUT2D eigenvalue weighted by molar-refractivity contribution is 0.0730. The molecule has 1 aliphatic heterocycles. The molecule has 0 saturated carbocycles. The molecule has 2 aromatic rings. The van der Waals surface area contributed by atoms with Gasteiger partial charge < -0.3 is 9.30 Å². The highest BCUT2D eigenvalue weighted by atomic mass is 32.2. The number of carbonyl (C=O) groups is 1. The Bertz CT molecular complexity index is 865. The van der Waals surface area contributed by atoms with Crippen molar-refractivity contribution < 1.29 is 17.9 Å². The van der Waals surface area contributed by atoms with Crippen molar-refractivity contribution in [1.29, 1.82) is 0 Å². The number of morpholine rings is 1.